The van der Waals surface area contributed by atoms with Gasteiger partial charge in [0.05, 0.1) is 5.75 Å². The molecule has 3 nitrogen and oxygen atoms in total. The Morgan fingerprint density at radius 2 is 1.50 bits per heavy atom. The van der Waals surface area contributed by atoms with E-state index >= 15 is 0 Å². The minimum atomic E-state index is -3.99. The van der Waals surface area contributed by atoms with E-state index in [2.05, 4.69) is 15.9 Å². The van der Waals surface area contributed by atoms with Crippen LogP contribution in [0.3, 0.4) is 0 Å². The van der Waals surface area contributed by atoms with Gasteiger partial charge in [0.1, 0.15) is 10.7 Å². The molecule has 0 N–H and O–H groups in total. The number of sulfone groups is 1. The lowest BCUT2D eigenvalue weighted by Crippen LogP contribution is -2.16. The number of hydrogen-bond donors (Lipinski definition) is 0. The summed E-state index contributed by atoms with van der Waals surface area (Å²) < 4.78 is 40.5. The van der Waals surface area contributed by atoms with E-state index < -0.39 is 27.2 Å². The highest BCUT2D eigenvalue weighted by atomic mass is 79.9. The Morgan fingerprint density at radius 1 is 0.933 bits per heavy atom. The normalized spacial score (nSPS) is 12.1. The molecule has 0 aliphatic carbocycles. The maximum atomic E-state index is 13.2. The van der Waals surface area contributed by atoms with Gasteiger partial charge in [-0.3, -0.25) is 4.79 Å². The zero-order valence-electron chi connectivity index (χ0n) is 16.5. The average Bonchev–Trinajstić information content (AvgIpc) is 2.67. The van der Waals surface area contributed by atoms with Crippen LogP contribution in [0.25, 0.3) is 6.08 Å². The molecule has 154 valence electrons. The first kappa shape index (κ1) is 22.1. The largest absolute Gasteiger partial charge is 0.288 e. The van der Waals surface area contributed by atoms with Crippen LogP contribution in [0.15, 0.2) is 76.1 Å². The quantitative estimate of drug-likeness (QED) is 0.315. The summed E-state index contributed by atoms with van der Waals surface area (Å²) in [7, 11) is -3.99. The van der Waals surface area contributed by atoms with Crippen LogP contribution in [0.4, 0.5) is 4.39 Å². The molecule has 0 aliphatic heterocycles. The van der Waals surface area contributed by atoms with Gasteiger partial charge < -0.3 is 0 Å². The van der Waals surface area contributed by atoms with Crippen molar-refractivity contribution in [2.75, 3.05) is 0 Å². The molecule has 3 aromatic rings. The fraction of sp³-hybridized carbons (Fsp3) is 0.125. The Morgan fingerprint density at radius 3 is 2.07 bits per heavy atom. The topological polar surface area (TPSA) is 51.2 Å². The third-order valence-electron chi connectivity index (χ3n) is 4.48. The van der Waals surface area contributed by atoms with Crippen LogP contribution in [0.2, 0.25) is 0 Å². The summed E-state index contributed by atoms with van der Waals surface area (Å²) in [5.41, 5.74) is 3.25. The van der Waals surface area contributed by atoms with E-state index in [4.69, 9.17) is 0 Å². The van der Waals surface area contributed by atoms with Crippen molar-refractivity contribution in [3.63, 3.8) is 0 Å². The molecule has 0 aliphatic rings. The number of ketones is 1. The standard InChI is InChI=1S/C24H20BrFO3S/c1-16-11-17(2)13-19(12-16)14-23(24(27)20-5-7-21(25)8-6-20)30(28,29)15-18-3-9-22(26)10-4-18/h3-14H,15H2,1-2H3/b23-14+. The number of halogens is 2. The molecule has 0 unspecified atom stereocenters. The molecule has 6 heteroatoms. The van der Waals surface area contributed by atoms with E-state index in [-0.39, 0.29) is 10.5 Å². The Balaban J connectivity index is 2.10. The summed E-state index contributed by atoms with van der Waals surface area (Å²) in [5, 5.41) is 0. The molecule has 0 amide bonds. The molecular formula is C24H20BrFO3S. The van der Waals surface area contributed by atoms with Crippen LogP contribution in [-0.4, -0.2) is 14.2 Å². The van der Waals surface area contributed by atoms with E-state index in [1.165, 1.54) is 30.3 Å². The number of hydrogen-bond acceptors (Lipinski definition) is 3. The average molecular weight is 487 g/mol. The molecule has 0 heterocycles. The third kappa shape index (κ3) is 5.52. The zero-order chi connectivity index (χ0) is 21.9. The lowest BCUT2D eigenvalue weighted by molar-refractivity contribution is 0.104. The maximum absolute atomic E-state index is 13.2. The van der Waals surface area contributed by atoms with Crippen LogP contribution in [0.5, 0.6) is 0 Å². The second-order valence-electron chi connectivity index (χ2n) is 7.15. The first-order chi connectivity index (χ1) is 14.1. The van der Waals surface area contributed by atoms with Crippen molar-refractivity contribution in [2.24, 2.45) is 0 Å². The molecule has 0 bridgehead atoms. The Bertz CT molecular complexity index is 1190. The SMILES string of the molecule is Cc1cc(C)cc(/C=C(\C(=O)c2ccc(Br)cc2)S(=O)(=O)Cc2ccc(F)cc2)c1. The molecule has 3 aromatic carbocycles. The minimum Gasteiger partial charge on any atom is -0.288 e. The van der Waals surface area contributed by atoms with E-state index in [0.717, 1.165) is 15.6 Å². The first-order valence-corrected chi connectivity index (χ1v) is 11.7. The number of benzene rings is 3. The van der Waals surface area contributed by atoms with Gasteiger partial charge in [0.2, 0.25) is 5.78 Å². The van der Waals surface area contributed by atoms with Crippen molar-refractivity contribution in [3.05, 3.63) is 110 Å². The lowest BCUT2D eigenvalue weighted by Gasteiger charge is -2.10. The predicted octanol–water partition coefficient (Wildman–Crippen LogP) is 6.04. The highest BCUT2D eigenvalue weighted by Crippen LogP contribution is 2.24. The smallest absolute Gasteiger partial charge is 0.204 e. The molecule has 0 saturated carbocycles. The fourth-order valence-electron chi connectivity index (χ4n) is 3.16. The molecule has 30 heavy (non-hydrogen) atoms. The monoisotopic (exact) mass is 486 g/mol. The summed E-state index contributed by atoms with van der Waals surface area (Å²) in [5.74, 6) is -1.43. The van der Waals surface area contributed by atoms with Gasteiger partial charge in [0, 0.05) is 10.0 Å². The van der Waals surface area contributed by atoms with Crippen LogP contribution in [-0.2, 0) is 15.6 Å². The number of allylic oxidation sites excluding steroid dienone is 1. The number of Topliss-reactive ketones (excluding diaryl/α,β-unsaturated/α-hetero) is 1. The number of carbonyl (C=O) groups is 1. The molecule has 0 aromatic heterocycles. The van der Waals surface area contributed by atoms with Gasteiger partial charge in [-0.25, -0.2) is 12.8 Å². The van der Waals surface area contributed by atoms with E-state index in [1.807, 2.05) is 32.0 Å². The van der Waals surface area contributed by atoms with Crippen molar-refractivity contribution in [2.45, 2.75) is 19.6 Å². The number of carbonyl (C=O) groups excluding carboxylic acids is 1. The molecule has 0 saturated heterocycles. The van der Waals surface area contributed by atoms with Crippen molar-refractivity contribution in [1.82, 2.24) is 0 Å². The van der Waals surface area contributed by atoms with Crippen molar-refractivity contribution < 1.29 is 17.6 Å². The van der Waals surface area contributed by atoms with Gasteiger partial charge in [-0.15, -0.1) is 0 Å². The van der Waals surface area contributed by atoms with Crippen molar-refractivity contribution in [1.29, 1.82) is 0 Å². The van der Waals surface area contributed by atoms with Crippen LogP contribution in [0.1, 0.15) is 32.6 Å². The lowest BCUT2D eigenvalue weighted by atomic mass is 10.1. The predicted molar refractivity (Wildman–Crippen MR) is 121 cm³/mol. The van der Waals surface area contributed by atoms with Crippen LogP contribution in [0, 0.1) is 19.7 Å². The maximum Gasteiger partial charge on any atom is 0.204 e. The van der Waals surface area contributed by atoms with Crippen LogP contribution < -0.4 is 0 Å². The Labute approximate surface area is 184 Å². The molecular weight excluding hydrogens is 467 g/mol. The molecule has 0 fully saturated rings. The van der Waals surface area contributed by atoms with Gasteiger partial charge in [0.25, 0.3) is 0 Å². The first-order valence-electron chi connectivity index (χ1n) is 9.21. The zero-order valence-corrected chi connectivity index (χ0v) is 18.9. The molecule has 0 radical (unpaired) electrons. The number of rotatable bonds is 6. The summed E-state index contributed by atoms with van der Waals surface area (Å²) in [6.07, 6.45) is 1.42. The Hall–Kier alpha value is -2.57. The Kier molecular flexibility index (Phi) is 6.68. The molecule has 0 spiro atoms. The van der Waals surface area contributed by atoms with E-state index in [9.17, 15) is 17.6 Å². The van der Waals surface area contributed by atoms with Crippen molar-refractivity contribution >= 4 is 37.6 Å². The molecule has 0 atom stereocenters. The fourth-order valence-corrected chi connectivity index (χ4v) is 4.93. The second kappa shape index (κ2) is 9.06. The summed E-state index contributed by atoms with van der Waals surface area (Å²) in [6, 6.07) is 17.4. The minimum absolute atomic E-state index is 0.275. The van der Waals surface area contributed by atoms with Crippen LogP contribution >= 0.6 is 15.9 Å². The van der Waals surface area contributed by atoms with Gasteiger partial charge >= 0.3 is 0 Å². The summed E-state index contributed by atoms with van der Waals surface area (Å²) in [4.78, 5) is 12.9. The second-order valence-corrected chi connectivity index (χ2v) is 10.0. The summed E-state index contributed by atoms with van der Waals surface area (Å²) in [6.45, 7) is 3.82. The molecule has 3 rings (SSSR count). The van der Waals surface area contributed by atoms with Gasteiger partial charge in [-0.2, -0.15) is 0 Å². The third-order valence-corrected chi connectivity index (χ3v) is 6.69. The van der Waals surface area contributed by atoms with Gasteiger partial charge in [0.15, 0.2) is 9.84 Å². The van der Waals surface area contributed by atoms with Gasteiger partial charge in [-0.1, -0.05) is 57.4 Å². The van der Waals surface area contributed by atoms with Gasteiger partial charge in [-0.05, 0) is 67.4 Å². The highest BCUT2D eigenvalue weighted by Gasteiger charge is 2.26. The summed E-state index contributed by atoms with van der Waals surface area (Å²) >= 11 is 3.32. The van der Waals surface area contributed by atoms with Crippen molar-refractivity contribution in [3.8, 4) is 0 Å². The highest BCUT2D eigenvalue weighted by molar-refractivity contribution is 9.10. The van der Waals surface area contributed by atoms with E-state index in [1.54, 1.807) is 24.3 Å². The number of aryl methyl sites for hydroxylation is 2. The van der Waals surface area contributed by atoms with E-state index in [0.29, 0.717) is 11.1 Å².